The minimum absolute atomic E-state index is 0.0161. The molecule has 0 spiro atoms. The standard InChI is InChI=1S/C22H29N3O8/c1-22(2,3)32-20(29)23-13-7-10-16(19(28)33-25-17(26)11-12-18(25)27)24-21(30)31-14-15-8-5-4-6-9-15/h4-6,8-9,16H,7,10-14H2,1-3H3,(H,23,29)(H,24,30). The summed E-state index contributed by atoms with van der Waals surface area (Å²) >= 11 is 0. The third kappa shape index (κ3) is 9.17. The predicted octanol–water partition coefficient (Wildman–Crippen LogP) is 2.19. The van der Waals surface area contributed by atoms with E-state index in [1.165, 1.54) is 0 Å². The number of hydrogen-bond donors (Lipinski definition) is 2. The maximum Gasteiger partial charge on any atom is 0.408 e. The minimum atomic E-state index is -1.21. The smallest absolute Gasteiger partial charge is 0.408 e. The van der Waals surface area contributed by atoms with E-state index in [0.717, 1.165) is 5.56 Å². The van der Waals surface area contributed by atoms with Crippen LogP contribution in [0.5, 0.6) is 0 Å². The Morgan fingerprint density at radius 1 is 1.03 bits per heavy atom. The molecule has 1 unspecified atom stereocenters. The van der Waals surface area contributed by atoms with E-state index >= 15 is 0 Å². The number of hydrogen-bond acceptors (Lipinski definition) is 8. The maximum atomic E-state index is 12.6. The highest BCUT2D eigenvalue weighted by molar-refractivity contribution is 6.01. The topological polar surface area (TPSA) is 140 Å². The highest BCUT2D eigenvalue weighted by atomic mass is 16.7. The van der Waals surface area contributed by atoms with E-state index in [9.17, 15) is 24.0 Å². The molecule has 0 radical (unpaired) electrons. The van der Waals surface area contributed by atoms with Gasteiger partial charge in [0.25, 0.3) is 11.8 Å². The van der Waals surface area contributed by atoms with E-state index in [1.807, 2.05) is 6.07 Å². The van der Waals surface area contributed by atoms with Crippen molar-refractivity contribution < 1.29 is 38.3 Å². The van der Waals surface area contributed by atoms with Gasteiger partial charge in [-0.3, -0.25) is 9.59 Å². The third-order valence-electron chi connectivity index (χ3n) is 4.31. The number of imide groups is 1. The molecule has 2 N–H and O–H groups in total. The molecule has 1 fully saturated rings. The van der Waals surface area contributed by atoms with Crippen LogP contribution in [0.2, 0.25) is 0 Å². The Balaban J connectivity index is 1.91. The highest BCUT2D eigenvalue weighted by Gasteiger charge is 2.35. The van der Waals surface area contributed by atoms with Gasteiger partial charge in [-0.2, -0.15) is 0 Å². The Hall–Kier alpha value is -3.63. The molecule has 1 aromatic carbocycles. The van der Waals surface area contributed by atoms with Crippen LogP contribution in [-0.2, 0) is 35.3 Å². The van der Waals surface area contributed by atoms with Crippen LogP contribution in [0.15, 0.2) is 30.3 Å². The van der Waals surface area contributed by atoms with Gasteiger partial charge in [-0.1, -0.05) is 30.3 Å². The van der Waals surface area contributed by atoms with E-state index < -0.39 is 41.6 Å². The van der Waals surface area contributed by atoms with E-state index in [0.29, 0.717) is 5.06 Å². The summed E-state index contributed by atoms with van der Waals surface area (Å²) in [5, 5.41) is 5.34. The van der Waals surface area contributed by atoms with Crippen molar-refractivity contribution in [2.75, 3.05) is 6.54 Å². The Bertz CT molecular complexity index is 850. The summed E-state index contributed by atoms with van der Waals surface area (Å²) in [6.45, 7) is 5.32. The first kappa shape index (κ1) is 25.6. The lowest BCUT2D eigenvalue weighted by molar-refractivity contribution is -0.199. The van der Waals surface area contributed by atoms with Crippen LogP contribution in [0.1, 0.15) is 52.0 Å². The number of amides is 4. The van der Waals surface area contributed by atoms with Gasteiger partial charge >= 0.3 is 18.2 Å². The maximum absolute atomic E-state index is 12.6. The lowest BCUT2D eigenvalue weighted by atomic mass is 10.1. The first-order valence-electron chi connectivity index (χ1n) is 10.6. The quantitative estimate of drug-likeness (QED) is 0.419. The molecule has 1 aromatic rings. The summed E-state index contributed by atoms with van der Waals surface area (Å²) in [5.74, 6) is -2.26. The van der Waals surface area contributed by atoms with Gasteiger partial charge in [-0.15, -0.1) is 5.06 Å². The van der Waals surface area contributed by atoms with Crippen molar-refractivity contribution in [1.29, 1.82) is 0 Å². The number of hydroxylamine groups is 2. The molecular weight excluding hydrogens is 434 g/mol. The summed E-state index contributed by atoms with van der Waals surface area (Å²) in [5.41, 5.74) is 0.0940. The zero-order valence-corrected chi connectivity index (χ0v) is 18.9. The van der Waals surface area contributed by atoms with Crippen LogP contribution < -0.4 is 10.6 Å². The Morgan fingerprint density at radius 2 is 1.67 bits per heavy atom. The number of benzene rings is 1. The summed E-state index contributed by atoms with van der Waals surface area (Å²) in [4.78, 5) is 64.9. The first-order chi connectivity index (χ1) is 15.5. The molecule has 1 saturated heterocycles. The molecule has 0 saturated carbocycles. The molecule has 4 amide bonds. The fourth-order valence-corrected chi connectivity index (χ4v) is 2.78. The number of nitrogens with zero attached hydrogens (tertiary/aromatic N) is 1. The van der Waals surface area contributed by atoms with Crippen molar-refractivity contribution >= 4 is 30.0 Å². The second kappa shape index (κ2) is 11.8. The number of alkyl carbamates (subject to hydrolysis) is 2. The number of carbonyl (C=O) groups is 5. The van der Waals surface area contributed by atoms with Gasteiger partial charge in [0.05, 0.1) is 0 Å². The first-order valence-corrected chi connectivity index (χ1v) is 10.6. The number of carbonyl (C=O) groups excluding carboxylic acids is 5. The molecule has 0 aliphatic carbocycles. The summed E-state index contributed by atoms with van der Waals surface area (Å²) in [7, 11) is 0. The minimum Gasteiger partial charge on any atom is -0.445 e. The number of nitrogens with one attached hydrogen (secondary N) is 2. The van der Waals surface area contributed by atoms with E-state index in [2.05, 4.69) is 10.6 Å². The van der Waals surface area contributed by atoms with Crippen LogP contribution in [-0.4, -0.2) is 53.2 Å². The molecule has 1 heterocycles. The van der Waals surface area contributed by atoms with Crippen molar-refractivity contribution in [3.8, 4) is 0 Å². The van der Waals surface area contributed by atoms with Crippen molar-refractivity contribution in [3.63, 3.8) is 0 Å². The van der Waals surface area contributed by atoms with Gasteiger partial charge in [0.15, 0.2) is 0 Å². The van der Waals surface area contributed by atoms with E-state index in [4.69, 9.17) is 14.3 Å². The highest BCUT2D eigenvalue weighted by Crippen LogP contribution is 2.14. The molecule has 33 heavy (non-hydrogen) atoms. The predicted molar refractivity (Wildman–Crippen MR) is 114 cm³/mol. The summed E-state index contributed by atoms with van der Waals surface area (Å²) in [6, 6.07) is 7.73. The SMILES string of the molecule is CC(C)(C)OC(=O)NCCCC(NC(=O)OCc1ccccc1)C(=O)ON1C(=O)CCC1=O. The molecule has 1 aliphatic rings. The summed E-state index contributed by atoms with van der Waals surface area (Å²) < 4.78 is 10.3. The van der Waals surface area contributed by atoms with Crippen LogP contribution in [0.3, 0.4) is 0 Å². The van der Waals surface area contributed by atoms with Gasteiger partial charge < -0.3 is 24.9 Å². The van der Waals surface area contributed by atoms with E-state index in [1.54, 1.807) is 45.0 Å². The second-order valence-electron chi connectivity index (χ2n) is 8.32. The van der Waals surface area contributed by atoms with Crippen LogP contribution in [0, 0.1) is 0 Å². The Kier molecular flexibility index (Phi) is 9.19. The lowest BCUT2D eigenvalue weighted by Gasteiger charge is -2.21. The van der Waals surface area contributed by atoms with Gasteiger partial charge in [0, 0.05) is 19.4 Å². The van der Waals surface area contributed by atoms with Gasteiger partial charge in [0.1, 0.15) is 18.2 Å². The van der Waals surface area contributed by atoms with Crippen molar-refractivity contribution in [1.82, 2.24) is 15.7 Å². The van der Waals surface area contributed by atoms with Crippen molar-refractivity contribution in [2.24, 2.45) is 0 Å². The zero-order chi connectivity index (χ0) is 24.4. The van der Waals surface area contributed by atoms with Crippen LogP contribution >= 0.6 is 0 Å². The zero-order valence-electron chi connectivity index (χ0n) is 18.9. The van der Waals surface area contributed by atoms with Crippen LogP contribution in [0.4, 0.5) is 9.59 Å². The average Bonchev–Trinajstić information content (AvgIpc) is 3.06. The van der Waals surface area contributed by atoms with Crippen LogP contribution in [0.25, 0.3) is 0 Å². The van der Waals surface area contributed by atoms with E-state index in [-0.39, 0.29) is 38.8 Å². The third-order valence-corrected chi connectivity index (χ3v) is 4.31. The van der Waals surface area contributed by atoms with Crippen molar-refractivity contribution in [3.05, 3.63) is 35.9 Å². The molecule has 1 aliphatic heterocycles. The molecule has 1 atom stereocenters. The fourth-order valence-electron chi connectivity index (χ4n) is 2.78. The molecule has 11 heteroatoms. The van der Waals surface area contributed by atoms with Gasteiger partial charge in [0.2, 0.25) is 0 Å². The molecule has 11 nitrogen and oxygen atoms in total. The Morgan fingerprint density at radius 3 is 2.27 bits per heavy atom. The number of ether oxygens (including phenoxy) is 2. The average molecular weight is 463 g/mol. The fraction of sp³-hybridized carbons (Fsp3) is 0.500. The molecule has 0 bridgehead atoms. The number of rotatable bonds is 9. The van der Waals surface area contributed by atoms with Crippen molar-refractivity contribution in [2.45, 2.75) is 64.7 Å². The Labute approximate surface area is 191 Å². The normalized spacial score (nSPS) is 14.5. The largest absolute Gasteiger partial charge is 0.445 e. The molecule has 180 valence electrons. The molecular formula is C22H29N3O8. The molecule has 2 rings (SSSR count). The lowest BCUT2D eigenvalue weighted by Crippen LogP contribution is -2.46. The monoisotopic (exact) mass is 463 g/mol. The summed E-state index contributed by atoms with van der Waals surface area (Å²) in [6.07, 6.45) is -1.29. The molecule has 0 aromatic heterocycles. The van der Waals surface area contributed by atoms with Gasteiger partial charge in [-0.05, 0) is 39.2 Å². The second-order valence-corrected chi connectivity index (χ2v) is 8.32. The van der Waals surface area contributed by atoms with Gasteiger partial charge in [-0.25, -0.2) is 14.4 Å².